The third kappa shape index (κ3) is 1.40. The van der Waals surface area contributed by atoms with Crippen molar-refractivity contribution in [2.45, 2.75) is 13.0 Å². The smallest absolute Gasteiger partial charge is 0.209 e. The van der Waals surface area contributed by atoms with Gasteiger partial charge in [-0.15, -0.1) is 0 Å². The fraction of sp³-hybridized carbons (Fsp3) is 0.200. The van der Waals surface area contributed by atoms with E-state index in [1.54, 1.807) is 0 Å². The molecule has 1 aliphatic heterocycles. The number of fused-ring (bicyclic) bond motifs is 1. The average molecular weight is 186 g/mol. The van der Waals surface area contributed by atoms with Gasteiger partial charge in [-0.1, -0.05) is 18.2 Å². The summed E-state index contributed by atoms with van der Waals surface area (Å²) in [4.78, 5) is 4.29. The van der Waals surface area contributed by atoms with Crippen LogP contribution in [0.5, 0.6) is 0 Å². The number of guanidine groups is 1. The molecule has 4 nitrogen and oxygen atoms in total. The number of nitriles is 1. The number of anilines is 1. The van der Waals surface area contributed by atoms with Crippen LogP contribution < -0.4 is 10.6 Å². The van der Waals surface area contributed by atoms with Crippen LogP contribution >= 0.6 is 0 Å². The molecule has 1 aromatic rings. The van der Waals surface area contributed by atoms with E-state index in [0.29, 0.717) is 5.96 Å². The zero-order valence-corrected chi connectivity index (χ0v) is 7.78. The third-order valence-electron chi connectivity index (χ3n) is 2.16. The number of nitrogens with one attached hydrogen (secondary N) is 2. The maximum absolute atomic E-state index is 8.47. The zero-order chi connectivity index (χ0) is 9.97. The predicted octanol–water partition coefficient (Wildman–Crippen LogP) is 1.60. The number of rotatable bonds is 0. The van der Waals surface area contributed by atoms with Crippen molar-refractivity contribution in [2.75, 3.05) is 5.32 Å². The number of nitrogens with zero attached hydrogens (tertiary/aromatic N) is 2. The molecule has 4 heteroatoms. The largest absolute Gasteiger partial charge is 0.325 e. The Labute approximate surface area is 82.3 Å². The van der Waals surface area contributed by atoms with Crippen LogP contribution in [0.3, 0.4) is 0 Å². The van der Waals surface area contributed by atoms with E-state index >= 15 is 0 Å². The lowest BCUT2D eigenvalue weighted by Crippen LogP contribution is -2.30. The van der Waals surface area contributed by atoms with Crippen LogP contribution in [-0.4, -0.2) is 5.96 Å². The second-order valence-electron chi connectivity index (χ2n) is 3.10. The predicted molar refractivity (Wildman–Crippen MR) is 54.7 cm³/mol. The highest BCUT2D eigenvalue weighted by molar-refractivity contribution is 5.97. The van der Waals surface area contributed by atoms with E-state index in [1.165, 1.54) is 0 Å². The maximum atomic E-state index is 8.47. The molecule has 14 heavy (non-hydrogen) atoms. The van der Waals surface area contributed by atoms with Gasteiger partial charge in [0.05, 0.1) is 6.04 Å². The van der Waals surface area contributed by atoms with Gasteiger partial charge in [0.25, 0.3) is 0 Å². The van der Waals surface area contributed by atoms with Crippen molar-refractivity contribution < 1.29 is 0 Å². The first-order valence-electron chi connectivity index (χ1n) is 4.40. The highest BCUT2D eigenvalue weighted by Crippen LogP contribution is 2.28. The molecule has 1 aliphatic rings. The van der Waals surface area contributed by atoms with Gasteiger partial charge in [-0.05, 0) is 18.6 Å². The van der Waals surface area contributed by atoms with Crippen LogP contribution in [-0.2, 0) is 0 Å². The van der Waals surface area contributed by atoms with Crippen molar-refractivity contribution >= 4 is 11.6 Å². The number of benzene rings is 1. The molecule has 0 amide bonds. The van der Waals surface area contributed by atoms with Gasteiger partial charge in [-0.2, -0.15) is 5.26 Å². The molecular formula is C10H10N4. The summed E-state index contributed by atoms with van der Waals surface area (Å²) in [5.41, 5.74) is 2.16. The molecule has 1 atom stereocenters. The molecule has 1 heterocycles. The van der Waals surface area contributed by atoms with Crippen LogP contribution in [0, 0.1) is 11.5 Å². The summed E-state index contributed by atoms with van der Waals surface area (Å²) in [7, 11) is 0. The van der Waals surface area contributed by atoms with Gasteiger partial charge in [-0.3, -0.25) is 5.32 Å². The molecule has 1 unspecified atom stereocenters. The minimum atomic E-state index is 0.0864. The molecule has 70 valence electrons. The summed E-state index contributed by atoms with van der Waals surface area (Å²) in [6, 6.07) is 8.02. The topological polar surface area (TPSA) is 60.2 Å². The number of hydrogen-bond donors (Lipinski definition) is 2. The van der Waals surface area contributed by atoms with Gasteiger partial charge in [0.2, 0.25) is 5.96 Å². The van der Waals surface area contributed by atoms with Gasteiger partial charge in [0, 0.05) is 5.69 Å². The van der Waals surface area contributed by atoms with E-state index in [-0.39, 0.29) is 6.04 Å². The van der Waals surface area contributed by atoms with Crippen molar-refractivity contribution in [1.29, 1.82) is 5.26 Å². The first-order valence-corrected chi connectivity index (χ1v) is 4.40. The Morgan fingerprint density at radius 2 is 2.29 bits per heavy atom. The maximum Gasteiger partial charge on any atom is 0.209 e. The van der Waals surface area contributed by atoms with E-state index in [2.05, 4.69) is 15.6 Å². The molecule has 0 spiro atoms. The highest BCUT2D eigenvalue weighted by atomic mass is 15.2. The minimum absolute atomic E-state index is 0.0864. The molecular weight excluding hydrogens is 176 g/mol. The number of hydrogen-bond acceptors (Lipinski definition) is 4. The monoisotopic (exact) mass is 186 g/mol. The average Bonchev–Trinajstić information content (AvgIpc) is 2.18. The molecule has 0 aliphatic carbocycles. The van der Waals surface area contributed by atoms with Crippen LogP contribution in [0.25, 0.3) is 0 Å². The fourth-order valence-electron chi connectivity index (χ4n) is 1.51. The summed E-state index contributed by atoms with van der Waals surface area (Å²) in [6.07, 6.45) is 1.85. The third-order valence-corrected chi connectivity index (χ3v) is 2.16. The molecule has 0 fully saturated rings. The summed E-state index contributed by atoms with van der Waals surface area (Å²) in [5, 5.41) is 14.0. The van der Waals surface area contributed by atoms with Crippen molar-refractivity contribution in [3.05, 3.63) is 29.8 Å². The number of para-hydroxylation sites is 1. The number of aliphatic imine (C=N–C) groups is 1. The van der Waals surface area contributed by atoms with E-state index in [4.69, 9.17) is 5.26 Å². The normalized spacial score (nSPS) is 18.6. The Morgan fingerprint density at radius 1 is 1.50 bits per heavy atom. The summed E-state index contributed by atoms with van der Waals surface area (Å²) in [6.45, 7) is 2.00. The molecule has 0 aromatic heterocycles. The van der Waals surface area contributed by atoms with E-state index < -0.39 is 0 Å². The van der Waals surface area contributed by atoms with Crippen molar-refractivity contribution in [1.82, 2.24) is 5.32 Å². The summed E-state index contributed by atoms with van der Waals surface area (Å²) in [5.74, 6) is 0.513. The van der Waals surface area contributed by atoms with Gasteiger partial charge in [0.1, 0.15) is 0 Å². The Hall–Kier alpha value is -2.02. The highest BCUT2D eigenvalue weighted by Gasteiger charge is 2.16. The van der Waals surface area contributed by atoms with Gasteiger partial charge < -0.3 is 5.32 Å². The lowest BCUT2D eigenvalue weighted by molar-refractivity contribution is 0.804. The van der Waals surface area contributed by atoms with Crippen LogP contribution in [0.4, 0.5) is 5.69 Å². The van der Waals surface area contributed by atoms with Gasteiger partial charge in [0.15, 0.2) is 6.19 Å². The molecule has 2 rings (SSSR count). The SMILES string of the molecule is CC1N=C(NC#N)Nc2ccccc21. The van der Waals surface area contributed by atoms with Crippen molar-refractivity contribution in [3.63, 3.8) is 0 Å². The van der Waals surface area contributed by atoms with Crippen LogP contribution in [0.15, 0.2) is 29.3 Å². The second-order valence-corrected chi connectivity index (χ2v) is 3.10. The van der Waals surface area contributed by atoms with Crippen LogP contribution in [0.2, 0.25) is 0 Å². The van der Waals surface area contributed by atoms with Crippen LogP contribution in [0.1, 0.15) is 18.5 Å². The fourth-order valence-corrected chi connectivity index (χ4v) is 1.51. The van der Waals surface area contributed by atoms with Gasteiger partial charge in [-0.25, -0.2) is 4.99 Å². The molecule has 0 saturated heterocycles. The molecule has 0 saturated carbocycles. The van der Waals surface area contributed by atoms with E-state index in [9.17, 15) is 0 Å². The first-order chi connectivity index (χ1) is 6.81. The molecule has 0 radical (unpaired) electrons. The Morgan fingerprint density at radius 3 is 3.07 bits per heavy atom. The quantitative estimate of drug-likeness (QED) is 0.478. The lowest BCUT2D eigenvalue weighted by atomic mass is 10.1. The Kier molecular flexibility index (Phi) is 2.07. The Bertz CT molecular complexity index is 416. The second kappa shape index (κ2) is 3.38. The first kappa shape index (κ1) is 8.57. The molecule has 2 N–H and O–H groups in total. The lowest BCUT2D eigenvalue weighted by Gasteiger charge is -2.21. The molecule has 0 bridgehead atoms. The Balaban J connectivity index is 2.34. The van der Waals surface area contributed by atoms with E-state index in [1.807, 2.05) is 37.4 Å². The van der Waals surface area contributed by atoms with Gasteiger partial charge >= 0.3 is 0 Å². The van der Waals surface area contributed by atoms with Crippen molar-refractivity contribution in [3.8, 4) is 6.19 Å². The van der Waals surface area contributed by atoms with E-state index in [0.717, 1.165) is 11.3 Å². The minimum Gasteiger partial charge on any atom is -0.325 e. The standard InChI is InChI=1S/C10H10N4/c1-7-8-4-2-3-5-9(8)14-10(13-7)12-6-11/h2-5,7H,1H3,(H2,12,13,14). The molecule has 1 aromatic carbocycles. The zero-order valence-electron chi connectivity index (χ0n) is 7.78. The summed E-state index contributed by atoms with van der Waals surface area (Å²) < 4.78 is 0. The van der Waals surface area contributed by atoms with Crippen molar-refractivity contribution in [2.24, 2.45) is 4.99 Å². The summed E-state index contributed by atoms with van der Waals surface area (Å²) >= 11 is 0.